The van der Waals surface area contributed by atoms with Gasteiger partial charge < -0.3 is 4.74 Å². The van der Waals surface area contributed by atoms with E-state index in [1.807, 2.05) is 12.1 Å². The monoisotopic (exact) mass is 396 g/mol. The van der Waals surface area contributed by atoms with Gasteiger partial charge in [-0.1, -0.05) is 56.1 Å². The van der Waals surface area contributed by atoms with E-state index >= 15 is 0 Å². The highest BCUT2D eigenvalue weighted by molar-refractivity contribution is 9.10. The van der Waals surface area contributed by atoms with Crippen LogP contribution < -0.4 is 4.74 Å². The maximum Gasteiger partial charge on any atom is 0.122 e. The van der Waals surface area contributed by atoms with Gasteiger partial charge in [0, 0.05) is 9.80 Å². The van der Waals surface area contributed by atoms with Gasteiger partial charge in [-0.15, -0.1) is 0 Å². The fourth-order valence-electron chi connectivity index (χ4n) is 2.46. The quantitative estimate of drug-likeness (QED) is 0.606. The lowest BCUT2D eigenvalue weighted by atomic mass is 9.90. The van der Waals surface area contributed by atoms with Gasteiger partial charge >= 0.3 is 0 Å². The van der Waals surface area contributed by atoms with Crippen molar-refractivity contribution in [1.82, 2.24) is 0 Å². The molecule has 0 heterocycles. The zero-order chi connectivity index (χ0) is 14.5. The number of hydrogen-bond donors (Lipinski definition) is 0. The van der Waals surface area contributed by atoms with Crippen LogP contribution in [-0.2, 0) is 6.42 Å². The zero-order valence-electron chi connectivity index (χ0n) is 11.7. The summed E-state index contributed by atoms with van der Waals surface area (Å²) in [6.45, 7) is 2.17. The number of aryl methyl sites for hydroxylation is 1. The highest BCUT2D eigenvalue weighted by atomic mass is 79.9. The minimum atomic E-state index is 0.444. The molecule has 1 unspecified atom stereocenters. The molecule has 0 aliphatic carbocycles. The molecule has 2 aromatic carbocycles. The Labute approximate surface area is 137 Å². The lowest BCUT2D eigenvalue weighted by Crippen LogP contribution is -2.07. The van der Waals surface area contributed by atoms with Crippen LogP contribution in [0.25, 0.3) is 0 Å². The molecule has 2 aromatic rings. The smallest absolute Gasteiger partial charge is 0.122 e. The van der Waals surface area contributed by atoms with Gasteiger partial charge in [0.1, 0.15) is 5.75 Å². The molecule has 3 heteroatoms. The molecule has 2 rings (SSSR count). The molecular weight excluding hydrogens is 380 g/mol. The molecule has 0 aliphatic rings. The number of alkyl halides is 1. The first-order valence-corrected chi connectivity index (χ1v) is 8.51. The first-order chi connectivity index (χ1) is 9.65. The fourth-order valence-corrected chi connectivity index (χ4v) is 3.45. The third kappa shape index (κ3) is 3.64. The minimum Gasteiger partial charge on any atom is -0.496 e. The summed E-state index contributed by atoms with van der Waals surface area (Å²) in [5.74, 6) is 1.40. The lowest BCUT2D eigenvalue weighted by Gasteiger charge is -2.19. The Hall–Kier alpha value is -0.800. The molecule has 0 amide bonds. The number of benzene rings is 2. The van der Waals surface area contributed by atoms with Crippen LogP contribution in [0.5, 0.6) is 5.75 Å². The van der Waals surface area contributed by atoms with Crippen molar-refractivity contribution in [2.45, 2.75) is 19.3 Å². The van der Waals surface area contributed by atoms with Crippen molar-refractivity contribution in [2.24, 2.45) is 0 Å². The van der Waals surface area contributed by atoms with Crippen LogP contribution in [0.2, 0.25) is 0 Å². The molecule has 0 aliphatic heterocycles. The van der Waals surface area contributed by atoms with Crippen LogP contribution in [0.3, 0.4) is 0 Å². The zero-order valence-corrected chi connectivity index (χ0v) is 14.9. The predicted octanol–water partition coefficient (Wildman–Crippen LogP) is 5.49. The van der Waals surface area contributed by atoms with E-state index in [-0.39, 0.29) is 0 Å². The average molecular weight is 398 g/mol. The Bertz CT molecular complexity index is 581. The van der Waals surface area contributed by atoms with Crippen molar-refractivity contribution in [3.63, 3.8) is 0 Å². The van der Waals surface area contributed by atoms with Gasteiger partial charge in [-0.25, -0.2) is 0 Å². The molecule has 0 bridgehead atoms. The van der Waals surface area contributed by atoms with Crippen molar-refractivity contribution in [3.05, 3.63) is 63.6 Å². The summed E-state index contributed by atoms with van der Waals surface area (Å²) >= 11 is 7.20. The lowest BCUT2D eigenvalue weighted by molar-refractivity contribution is 0.408. The topological polar surface area (TPSA) is 9.23 Å². The molecule has 0 spiro atoms. The van der Waals surface area contributed by atoms with Crippen molar-refractivity contribution < 1.29 is 4.74 Å². The molecule has 0 aromatic heterocycles. The molecule has 0 N–H and O–H groups in total. The first kappa shape index (κ1) is 15.6. The van der Waals surface area contributed by atoms with Crippen LogP contribution in [0.4, 0.5) is 0 Å². The Morgan fingerprint density at radius 2 is 1.90 bits per heavy atom. The largest absolute Gasteiger partial charge is 0.496 e. The molecule has 0 fully saturated rings. The Morgan fingerprint density at radius 3 is 2.55 bits per heavy atom. The van der Waals surface area contributed by atoms with E-state index < -0.39 is 0 Å². The normalized spacial score (nSPS) is 12.2. The van der Waals surface area contributed by atoms with Crippen molar-refractivity contribution in [2.75, 3.05) is 12.4 Å². The Morgan fingerprint density at radius 1 is 1.15 bits per heavy atom. The van der Waals surface area contributed by atoms with Gasteiger partial charge in [0.25, 0.3) is 0 Å². The van der Waals surface area contributed by atoms with E-state index in [1.165, 1.54) is 16.7 Å². The van der Waals surface area contributed by atoms with Gasteiger partial charge in [-0.3, -0.25) is 0 Å². The van der Waals surface area contributed by atoms with Crippen LogP contribution in [-0.4, -0.2) is 12.4 Å². The highest BCUT2D eigenvalue weighted by Gasteiger charge is 2.15. The molecule has 1 atom stereocenters. The summed E-state index contributed by atoms with van der Waals surface area (Å²) in [6, 6.07) is 14.8. The Balaban J connectivity index is 2.31. The van der Waals surface area contributed by atoms with Gasteiger partial charge in [-0.05, 0) is 54.2 Å². The average Bonchev–Trinajstić information content (AvgIpc) is 2.46. The molecule has 0 saturated heterocycles. The summed E-state index contributed by atoms with van der Waals surface area (Å²) in [4.78, 5) is 0. The van der Waals surface area contributed by atoms with E-state index in [1.54, 1.807) is 7.11 Å². The second kappa shape index (κ2) is 7.28. The number of ether oxygens (including phenoxy) is 1. The number of halogens is 2. The van der Waals surface area contributed by atoms with Crippen LogP contribution >= 0.6 is 31.9 Å². The van der Waals surface area contributed by atoms with Gasteiger partial charge in [0.2, 0.25) is 0 Å². The molecule has 1 nitrogen and oxygen atoms in total. The highest BCUT2D eigenvalue weighted by Crippen LogP contribution is 2.31. The van der Waals surface area contributed by atoms with Crippen LogP contribution in [0.1, 0.15) is 22.6 Å². The number of methoxy groups -OCH3 is 1. The van der Waals surface area contributed by atoms with Crippen molar-refractivity contribution in [3.8, 4) is 5.75 Å². The minimum absolute atomic E-state index is 0.444. The standard InChI is InChI=1S/C17H18Br2O/c1-12-5-3-4-6-16(12)14(11-18)9-13-10-15(19)7-8-17(13)20-2/h3-8,10,14H,9,11H2,1-2H3. The van der Waals surface area contributed by atoms with E-state index in [4.69, 9.17) is 4.74 Å². The summed E-state index contributed by atoms with van der Waals surface area (Å²) in [7, 11) is 1.73. The van der Waals surface area contributed by atoms with E-state index in [2.05, 4.69) is 69.1 Å². The predicted molar refractivity (Wildman–Crippen MR) is 92.1 cm³/mol. The molecule has 20 heavy (non-hydrogen) atoms. The van der Waals surface area contributed by atoms with Crippen molar-refractivity contribution in [1.29, 1.82) is 0 Å². The maximum atomic E-state index is 5.48. The van der Waals surface area contributed by atoms with Gasteiger partial charge in [0.05, 0.1) is 7.11 Å². The summed E-state index contributed by atoms with van der Waals surface area (Å²) < 4.78 is 6.56. The molecular formula is C17H18Br2O. The van der Waals surface area contributed by atoms with E-state index in [9.17, 15) is 0 Å². The molecule has 106 valence electrons. The molecule has 0 radical (unpaired) electrons. The molecule has 0 saturated carbocycles. The second-order valence-corrected chi connectivity index (χ2v) is 6.43. The number of rotatable bonds is 5. The second-order valence-electron chi connectivity index (χ2n) is 4.87. The Kier molecular flexibility index (Phi) is 5.67. The third-order valence-corrected chi connectivity index (χ3v) is 4.80. The summed E-state index contributed by atoms with van der Waals surface area (Å²) in [6.07, 6.45) is 0.957. The van der Waals surface area contributed by atoms with E-state index in [0.717, 1.165) is 22.0 Å². The third-order valence-electron chi connectivity index (χ3n) is 3.52. The van der Waals surface area contributed by atoms with Gasteiger partial charge in [0.15, 0.2) is 0 Å². The van der Waals surface area contributed by atoms with Crippen LogP contribution in [0, 0.1) is 6.92 Å². The SMILES string of the molecule is COc1ccc(Br)cc1CC(CBr)c1ccccc1C. The maximum absolute atomic E-state index is 5.48. The van der Waals surface area contributed by atoms with Gasteiger partial charge in [-0.2, -0.15) is 0 Å². The van der Waals surface area contributed by atoms with E-state index in [0.29, 0.717) is 5.92 Å². The number of hydrogen-bond acceptors (Lipinski definition) is 1. The summed E-state index contributed by atoms with van der Waals surface area (Å²) in [5, 5.41) is 0.938. The first-order valence-electron chi connectivity index (χ1n) is 6.59. The van der Waals surface area contributed by atoms with Crippen LogP contribution in [0.15, 0.2) is 46.9 Å². The summed E-state index contributed by atoms with van der Waals surface area (Å²) in [5.41, 5.74) is 3.96. The fraction of sp³-hybridized carbons (Fsp3) is 0.294. The van der Waals surface area contributed by atoms with Crippen molar-refractivity contribution >= 4 is 31.9 Å².